The molecule has 1 N–H and O–H groups in total. The fourth-order valence-corrected chi connectivity index (χ4v) is 3.64. The summed E-state index contributed by atoms with van der Waals surface area (Å²) < 4.78 is 7.64. The van der Waals surface area contributed by atoms with Crippen LogP contribution in [0.5, 0.6) is 5.75 Å². The molecule has 0 unspecified atom stereocenters. The van der Waals surface area contributed by atoms with Crippen molar-refractivity contribution in [2.45, 2.75) is 19.9 Å². The van der Waals surface area contributed by atoms with Crippen LogP contribution in [0.25, 0.3) is 5.65 Å². The first-order chi connectivity index (χ1) is 14.2. The Morgan fingerprint density at radius 1 is 1.10 bits per heavy atom. The lowest BCUT2D eigenvalue weighted by molar-refractivity contribution is 0.190. The molecule has 1 saturated heterocycles. The van der Waals surface area contributed by atoms with Gasteiger partial charge in [-0.25, -0.2) is 4.79 Å². The van der Waals surface area contributed by atoms with E-state index in [1.54, 1.807) is 0 Å². The number of piperazine rings is 1. The van der Waals surface area contributed by atoms with Crippen LogP contribution in [-0.4, -0.2) is 58.3 Å². The molecule has 152 valence electrons. The fraction of sp³-hybridized carbons (Fsp3) is 0.381. The number of pyridine rings is 1. The lowest BCUT2D eigenvalue weighted by Gasteiger charge is -2.37. The Labute approximate surface area is 170 Å². The Kier molecular flexibility index (Phi) is 5.50. The normalized spacial score (nSPS) is 15.4. The number of fused-ring (bicyclic) bond motifs is 1. The molecule has 0 radical (unpaired) electrons. The molecule has 1 aromatic carbocycles. The number of amides is 2. The second-order valence-electron chi connectivity index (χ2n) is 7.03. The number of rotatable bonds is 5. The number of nitrogens with zero attached hydrogens (tertiary/aromatic N) is 5. The molecule has 3 aromatic rings. The molecule has 4 rings (SSSR count). The van der Waals surface area contributed by atoms with Gasteiger partial charge in [-0.1, -0.05) is 18.2 Å². The number of anilines is 1. The highest BCUT2D eigenvalue weighted by atomic mass is 16.5. The van der Waals surface area contributed by atoms with Gasteiger partial charge in [0.15, 0.2) is 11.5 Å². The van der Waals surface area contributed by atoms with Crippen molar-refractivity contribution in [1.82, 2.24) is 24.8 Å². The SMILES string of the molecule is CCOc1ccccc1N1CCN(C(=O)N[C@@H](C)c2nnc3ccccn23)CC1. The molecule has 2 aromatic heterocycles. The monoisotopic (exact) mass is 394 g/mol. The molecule has 1 aliphatic rings. The molecule has 8 nitrogen and oxygen atoms in total. The molecule has 0 bridgehead atoms. The predicted octanol–water partition coefficient (Wildman–Crippen LogP) is 2.72. The van der Waals surface area contributed by atoms with Gasteiger partial charge in [0.2, 0.25) is 0 Å². The van der Waals surface area contributed by atoms with Crippen molar-refractivity contribution >= 4 is 17.4 Å². The minimum absolute atomic E-state index is 0.0806. The first-order valence-corrected chi connectivity index (χ1v) is 9.99. The molecule has 3 heterocycles. The highest BCUT2D eigenvalue weighted by molar-refractivity contribution is 5.75. The van der Waals surface area contributed by atoms with Crippen molar-refractivity contribution < 1.29 is 9.53 Å². The van der Waals surface area contributed by atoms with Crippen LogP contribution in [0.4, 0.5) is 10.5 Å². The fourth-order valence-electron chi connectivity index (χ4n) is 3.64. The molecule has 1 atom stereocenters. The molecule has 2 amide bonds. The van der Waals surface area contributed by atoms with E-state index in [9.17, 15) is 4.79 Å². The second kappa shape index (κ2) is 8.38. The number of urea groups is 1. The average molecular weight is 394 g/mol. The highest BCUT2D eigenvalue weighted by Gasteiger charge is 2.25. The van der Waals surface area contributed by atoms with Gasteiger partial charge in [-0.2, -0.15) is 0 Å². The number of benzene rings is 1. The predicted molar refractivity (Wildman–Crippen MR) is 111 cm³/mol. The quantitative estimate of drug-likeness (QED) is 0.720. The van der Waals surface area contributed by atoms with Crippen LogP contribution in [0.15, 0.2) is 48.7 Å². The van der Waals surface area contributed by atoms with Crippen molar-refractivity contribution in [2.75, 3.05) is 37.7 Å². The molecule has 1 aliphatic heterocycles. The maximum absolute atomic E-state index is 12.8. The summed E-state index contributed by atoms with van der Waals surface area (Å²) in [6.07, 6.45) is 1.90. The summed E-state index contributed by atoms with van der Waals surface area (Å²) in [4.78, 5) is 16.9. The van der Waals surface area contributed by atoms with E-state index in [1.807, 2.05) is 65.7 Å². The van der Waals surface area contributed by atoms with Gasteiger partial charge in [-0.3, -0.25) is 4.40 Å². The molecular weight excluding hydrogens is 368 g/mol. The van der Waals surface area contributed by atoms with E-state index in [0.29, 0.717) is 19.7 Å². The summed E-state index contributed by atoms with van der Waals surface area (Å²) in [5, 5.41) is 11.4. The van der Waals surface area contributed by atoms with Gasteiger partial charge < -0.3 is 19.9 Å². The van der Waals surface area contributed by atoms with Gasteiger partial charge in [-0.15, -0.1) is 10.2 Å². The Morgan fingerprint density at radius 2 is 1.86 bits per heavy atom. The van der Waals surface area contributed by atoms with Crippen molar-refractivity contribution in [3.63, 3.8) is 0 Å². The minimum atomic E-state index is -0.239. The average Bonchev–Trinajstić information content (AvgIpc) is 3.19. The number of carbonyl (C=O) groups is 1. The van der Waals surface area contributed by atoms with Crippen molar-refractivity contribution in [2.24, 2.45) is 0 Å². The minimum Gasteiger partial charge on any atom is -0.492 e. The molecule has 8 heteroatoms. The Balaban J connectivity index is 1.37. The molecular formula is C21H26N6O2. The zero-order valence-corrected chi connectivity index (χ0v) is 16.8. The number of para-hydroxylation sites is 2. The van der Waals surface area contributed by atoms with Crippen LogP contribution in [0.3, 0.4) is 0 Å². The first kappa shape index (κ1) is 19.0. The number of nitrogens with one attached hydrogen (secondary N) is 1. The molecule has 29 heavy (non-hydrogen) atoms. The van der Waals surface area contributed by atoms with Crippen LogP contribution in [-0.2, 0) is 0 Å². The van der Waals surface area contributed by atoms with Gasteiger partial charge in [-0.05, 0) is 38.1 Å². The summed E-state index contributed by atoms with van der Waals surface area (Å²) in [5.41, 5.74) is 1.85. The van der Waals surface area contributed by atoms with E-state index in [1.165, 1.54) is 0 Å². The molecule has 0 saturated carbocycles. The van der Waals surface area contributed by atoms with E-state index < -0.39 is 0 Å². The Bertz CT molecular complexity index is 980. The van der Waals surface area contributed by atoms with E-state index >= 15 is 0 Å². The van der Waals surface area contributed by atoms with Gasteiger partial charge in [0.1, 0.15) is 5.75 Å². The number of carbonyl (C=O) groups excluding carboxylic acids is 1. The summed E-state index contributed by atoms with van der Waals surface area (Å²) in [6, 6.07) is 13.5. The van der Waals surface area contributed by atoms with Crippen molar-refractivity contribution in [3.8, 4) is 5.75 Å². The van der Waals surface area contributed by atoms with Crippen LogP contribution >= 0.6 is 0 Å². The third-order valence-corrected chi connectivity index (χ3v) is 5.14. The third-order valence-electron chi connectivity index (χ3n) is 5.14. The van der Waals surface area contributed by atoms with Crippen LogP contribution in [0, 0.1) is 0 Å². The summed E-state index contributed by atoms with van der Waals surface area (Å²) in [6.45, 7) is 7.38. The van der Waals surface area contributed by atoms with Crippen molar-refractivity contribution in [3.05, 3.63) is 54.5 Å². The Morgan fingerprint density at radius 3 is 2.66 bits per heavy atom. The number of ether oxygens (including phenoxy) is 1. The number of hydrogen-bond acceptors (Lipinski definition) is 5. The Hall–Kier alpha value is -3.29. The number of hydrogen-bond donors (Lipinski definition) is 1. The van der Waals surface area contributed by atoms with Crippen LogP contribution in [0.1, 0.15) is 25.7 Å². The lowest BCUT2D eigenvalue weighted by Crippen LogP contribution is -2.52. The maximum Gasteiger partial charge on any atom is 0.318 e. The highest BCUT2D eigenvalue weighted by Crippen LogP contribution is 2.28. The number of aromatic nitrogens is 3. The van der Waals surface area contributed by atoms with Gasteiger partial charge in [0, 0.05) is 32.4 Å². The van der Waals surface area contributed by atoms with E-state index in [2.05, 4.69) is 26.5 Å². The maximum atomic E-state index is 12.8. The largest absolute Gasteiger partial charge is 0.492 e. The van der Waals surface area contributed by atoms with E-state index in [-0.39, 0.29) is 12.1 Å². The summed E-state index contributed by atoms with van der Waals surface area (Å²) in [7, 11) is 0. The van der Waals surface area contributed by atoms with Crippen molar-refractivity contribution in [1.29, 1.82) is 0 Å². The lowest BCUT2D eigenvalue weighted by atomic mass is 10.2. The van der Waals surface area contributed by atoms with Crippen LogP contribution in [0.2, 0.25) is 0 Å². The summed E-state index contributed by atoms with van der Waals surface area (Å²) in [5.74, 6) is 1.61. The van der Waals surface area contributed by atoms with Gasteiger partial charge >= 0.3 is 6.03 Å². The first-order valence-electron chi connectivity index (χ1n) is 9.99. The standard InChI is InChI=1S/C21H26N6O2/c1-3-29-18-9-5-4-8-17(18)25-12-14-26(15-13-25)21(28)22-16(2)20-24-23-19-10-6-7-11-27(19)20/h4-11,16H,3,12-15H2,1-2H3,(H,22,28)/t16-/m0/s1. The zero-order chi connectivity index (χ0) is 20.2. The van der Waals surface area contributed by atoms with E-state index in [0.717, 1.165) is 36.0 Å². The van der Waals surface area contributed by atoms with Gasteiger partial charge in [0.25, 0.3) is 0 Å². The summed E-state index contributed by atoms with van der Waals surface area (Å²) >= 11 is 0. The topological polar surface area (TPSA) is 75.0 Å². The third kappa shape index (κ3) is 3.96. The molecule has 0 spiro atoms. The van der Waals surface area contributed by atoms with E-state index in [4.69, 9.17) is 4.74 Å². The second-order valence-corrected chi connectivity index (χ2v) is 7.03. The van der Waals surface area contributed by atoms with Crippen LogP contribution < -0.4 is 15.0 Å². The zero-order valence-electron chi connectivity index (χ0n) is 16.8. The molecule has 1 fully saturated rings. The molecule has 0 aliphatic carbocycles. The van der Waals surface area contributed by atoms with Gasteiger partial charge in [0.05, 0.1) is 18.3 Å². The smallest absolute Gasteiger partial charge is 0.318 e.